The number of hydrogen-bond donors (Lipinski definition) is 2. The van der Waals surface area contributed by atoms with Crippen molar-refractivity contribution >= 4 is 16.7 Å². The number of H-pyrrole nitrogens is 1. The Bertz CT molecular complexity index is 1340. The van der Waals surface area contributed by atoms with E-state index >= 15 is 0 Å². The number of rotatable bonds is 4. The molecule has 1 fully saturated rings. The summed E-state index contributed by atoms with van der Waals surface area (Å²) in [4.78, 5) is 17.4. The average Bonchev–Trinajstić information content (AvgIpc) is 3.18. The fourth-order valence-corrected chi connectivity index (χ4v) is 3.84. The first kappa shape index (κ1) is 20.1. The van der Waals surface area contributed by atoms with E-state index in [0.29, 0.717) is 35.7 Å². The number of nitrogens with one attached hydrogen (secondary N) is 1. The maximum atomic E-state index is 14.5. The number of nitrogens with zero attached hydrogens (tertiary/aromatic N) is 3. The summed E-state index contributed by atoms with van der Waals surface area (Å²) in [5.41, 5.74) is 5.83. The van der Waals surface area contributed by atoms with Crippen molar-refractivity contribution in [3.63, 3.8) is 0 Å². The van der Waals surface area contributed by atoms with Gasteiger partial charge in [0.2, 0.25) is 0 Å². The van der Waals surface area contributed by atoms with Gasteiger partial charge in [-0.3, -0.25) is 19.4 Å². The number of para-hydroxylation sites is 1. The van der Waals surface area contributed by atoms with E-state index in [0.717, 1.165) is 29.5 Å². The van der Waals surface area contributed by atoms with Crippen LogP contribution in [0.4, 0.5) is 14.6 Å². The highest BCUT2D eigenvalue weighted by Crippen LogP contribution is 2.30. The molecule has 3 N–H and O–H groups in total. The van der Waals surface area contributed by atoms with E-state index in [1.807, 2.05) is 0 Å². The number of benzene rings is 1. The van der Waals surface area contributed by atoms with Gasteiger partial charge in [0.15, 0.2) is 5.82 Å². The number of ether oxygens (including phenoxy) is 2. The Morgan fingerprint density at radius 2 is 1.94 bits per heavy atom. The third-order valence-electron chi connectivity index (χ3n) is 5.41. The summed E-state index contributed by atoms with van der Waals surface area (Å²) in [7, 11) is 0. The number of aromatic amines is 1. The van der Waals surface area contributed by atoms with E-state index in [4.69, 9.17) is 15.2 Å². The second-order valence-electron chi connectivity index (χ2n) is 7.45. The molecule has 0 spiro atoms. The Labute approximate surface area is 180 Å². The van der Waals surface area contributed by atoms with Crippen LogP contribution in [0.15, 0.2) is 47.5 Å². The van der Waals surface area contributed by atoms with E-state index in [1.54, 1.807) is 18.3 Å². The molecule has 1 aromatic carbocycles. The SMILES string of the molecule is Nc1n[nH]c2c(-c3cc(OC4CCOCC4)ccn3)cn(-c3c(F)cccc3F)c(=O)c12. The van der Waals surface area contributed by atoms with Crippen molar-refractivity contribution in [1.29, 1.82) is 0 Å². The topological polar surface area (TPSA) is 108 Å². The lowest BCUT2D eigenvalue weighted by atomic mass is 10.1. The molecular weight excluding hydrogens is 420 g/mol. The number of pyridine rings is 2. The second-order valence-corrected chi connectivity index (χ2v) is 7.45. The van der Waals surface area contributed by atoms with Gasteiger partial charge in [-0.2, -0.15) is 5.10 Å². The largest absolute Gasteiger partial charge is 0.490 e. The maximum Gasteiger partial charge on any atom is 0.268 e. The van der Waals surface area contributed by atoms with Crippen molar-refractivity contribution < 1.29 is 18.3 Å². The molecule has 3 aromatic heterocycles. The molecule has 0 bridgehead atoms. The third kappa shape index (κ3) is 3.48. The molecule has 0 atom stereocenters. The zero-order valence-electron chi connectivity index (χ0n) is 16.8. The number of anilines is 1. The van der Waals surface area contributed by atoms with Crippen molar-refractivity contribution in [2.75, 3.05) is 18.9 Å². The summed E-state index contributed by atoms with van der Waals surface area (Å²) in [5, 5.41) is 6.67. The molecule has 32 heavy (non-hydrogen) atoms. The van der Waals surface area contributed by atoms with E-state index in [2.05, 4.69) is 15.2 Å². The van der Waals surface area contributed by atoms with E-state index < -0.39 is 22.9 Å². The summed E-state index contributed by atoms with van der Waals surface area (Å²) >= 11 is 0. The van der Waals surface area contributed by atoms with Crippen molar-refractivity contribution in [1.82, 2.24) is 19.7 Å². The van der Waals surface area contributed by atoms with Gasteiger partial charge in [0, 0.05) is 36.9 Å². The first-order valence-corrected chi connectivity index (χ1v) is 10.1. The van der Waals surface area contributed by atoms with Gasteiger partial charge in [0.1, 0.15) is 34.6 Å². The van der Waals surface area contributed by atoms with Crippen LogP contribution in [0.25, 0.3) is 27.8 Å². The zero-order chi connectivity index (χ0) is 22.2. The van der Waals surface area contributed by atoms with Crippen LogP contribution in [0.5, 0.6) is 5.75 Å². The number of halogens is 2. The van der Waals surface area contributed by atoms with Crippen molar-refractivity contribution in [2.45, 2.75) is 18.9 Å². The second kappa shape index (κ2) is 8.04. The van der Waals surface area contributed by atoms with Crippen LogP contribution in [-0.2, 0) is 4.74 Å². The van der Waals surface area contributed by atoms with Crippen LogP contribution in [-0.4, -0.2) is 39.1 Å². The molecule has 164 valence electrons. The molecule has 5 rings (SSSR count). The summed E-state index contributed by atoms with van der Waals surface area (Å²) in [6.07, 6.45) is 4.45. The highest BCUT2D eigenvalue weighted by Gasteiger charge is 2.21. The lowest BCUT2D eigenvalue weighted by Crippen LogP contribution is -2.25. The van der Waals surface area contributed by atoms with Gasteiger partial charge in [-0.05, 0) is 18.2 Å². The minimum atomic E-state index is -0.885. The average molecular weight is 439 g/mol. The summed E-state index contributed by atoms with van der Waals surface area (Å²) < 4.78 is 41.3. The highest BCUT2D eigenvalue weighted by atomic mass is 19.1. The number of nitrogens with two attached hydrogens (primary N) is 1. The Kier molecular flexibility index (Phi) is 5.06. The van der Waals surface area contributed by atoms with Gasteiger partial charge in [0.05, 0.1) is 24.4 Å². The lowest BCUT2D eigenvalue weighted by Gasteiger charge is -2.23. The van der Waals surface area contributed by atoms with E-state index in [1.165, 1.54) is 12.3 Å². The minimum absolute atomic E-state index is 0.0164. The fraction of sp³-hybridized carbons (Fsp3) is 0.227. The normalized spacial score (nSPS) is 14.7. The fourth-order valence-electron chi connectivity index (χ4n) is 3.84. The van der Waals surface area contributed by atoms with Gasteiger partial charge in [-0.25, -0.2) is 8.78 Å². The lowest BCUT2D eigenvalue weighted by molar-refractivity contribution is 0.0255. The van der Waals surface area contributed by atoms with Crippen LogP contribution in [0, 0.1) is 11.6 Å². The summed E-state index contributed by atoms with van der Waals surface area (Å²) in [5.74, 6) is -1.27. The molecule has 1 saturated heterocycles. The molecule has 4 aromatic rings. The zero-order valence-corrected chi connectivity index (χ0v) is 16.8. The highest BCUT2D eigenvalue weighted by molar-refractivity contribution is 5.97. The number of nitrogen functional groups attached to an aromatic ring is 1. The Morgan fingerprint density at radius 3 is 2.69 bits per heavy atom. The van der Waals surface area contributed by atoms with E-state index in [-0.39, 0.29) is 17.3 Å². The Morgan fingerprint density at radius 1 is 1.19 bits per heavy atom. The molecule has 1 aliphatic rings. The summed E-state index contributed by atoms with van der Waals surface area (Å²) in [6.45, 7) is 1.27. The molecule has 10 heteroatoms. The van der Waals surface area contributed by atoms with Crippen molar-refractivity contribution in [2.24, 2.45) is 0 Å². The van der Waals surface area contributed by atoms with Crippen LogP contribution in [0.3, 0.4) is 0 Å². The maximum absolute atomic E-state index is 14.5. The third-order valence-corrected chi connectivity index (χ3v) is 5.41. The number of hydrogen-bond acceptors (Lipinski definition) is 6. The number of aromatic nitrogens is 4. The van der Waals surface area contributed by atoms with Gasteiger partial charge in [-0.15, -0.1) is 0 Å². The predicted molar refractivity (Wildman–Crippen MR) is 114 cm³/mol. The minimum Gasteiger partial charge on any atom is -0.490 e. The summed E-state index contributed by atoms with van der Waals surface area (Å²) in [6, 6.07) is 6.81. The molecule has 8 nitrogen and oxygen atoms in total. The molecule has 0 unspecified atom stereocenters. The monoisotopic (exact) mass is 439 g/mol. The molecule has 4 heterocycles. The predicted octanol–water partition coefficient (Wildman–Crippen LogP) is 3.19. The first-order valence-electron chi connectivity index (χ1n) is 10.1. The molecule has 1 aliphatic heterocycles. The van der Waals surface area contributed by atoms with Gasteiger partial charge < -0.3 is 15.2 Å². The molecule has 0 radical (unpaired) electrons. The Hall–Kier alpha value is -3.79. The van der Waals surface area contributed by atoms with E-state index in [9.17, 15) is 13.6 Å². The van der Waals surface area contributed by atoms with Crippen molar-refractivity contribution in [3.8, 4) is 22.7 Å². The quantitative estimate of drug-likeness (QED) is 0.506. The smallest absolute Gasteiger partial charge is 0.268 e. The number of fused-ring (bicyclic) bond motifs is 1. The molecule has 0 aliphatic carbocycles. The van der Waals surface area contributed by atoms with Crippen LogP contribution < -0.4 is 16.0 Å². The molecule has 0 amide bonds. The van der Waals surface area contributed by atoms with Crippen molar-refractivity contribution in [3.05, 3.63) is 64.7 Å². The van der Waals surface area contributed by atoms with Gasteiger partial charge >= 0.3 is 0 Å². The van der Waals surface area contributed by atoms with Gasteiger partial charge in [-0.1, -0.05) is 6.07 Å². The molecule has 0 saturated carbocycles. The van der Waals surface area contributed by atoms with Crippen LogP contribution in [0.1, 0.15) is 12.8 Å². The molecular formula is C22H19F2N5O3. The first-order chi connectivity index (χ1) is 15.5. The standard InChI is InChI=1S/C22H19F2N5O3/c23-15-2-1-3-16(24)20(15)29-11-14(19-18(22(29)30)21(25)28-27-19)17-10-13(4-7-26-17)32-12-5-8-31-9-6-12/h1-4,7,10-12H,5-6,8-9H2,(H3,25,27,28). The van der Waals surface area contributed by atoms with Crippen LogP contribution >= 0.6 is 0 Å². The van der Waals surface area contributed by atoms with Crippen LogP contribution in [0.2, 0.25) is 0 Å². The Balaban J connectivity index is 1.67. The van der Waals surface area contributed by atoms with Gasteiger partial charge in [0.25, 0.3) is 5.56 Å².